The van der Waals surface area contributed by atoms with Crippen molar-refractivity contribution < 1.29 is 0 Å². The minimum Gasteiger partial charge on any atom is -0.314 e. The Bertz CT molecular complexity index is 366. The topological polar surface area (TPSA) is 27.3 Å². The second-order valence-corrected chi connectivity index (χ2v) is 5.82. The van der Waals surface area contributed by atoms with Crippen LogP contribution in [0, 0.1) is 5.92 Å². The lowest BCUT2D eigenvalue weighted by molar-refractivity contribution is 0.153. The third kappa shape index (κ3) is 4.03. The lowest BCUT2D eigenvalue weighted by Gasteiger charge is -2.35. The molecule has 2 N–H and O–H groups in total. The molecule has 0 amide bonds. The van der Waals surface area contributed by atoms with Crippen LogP contribution in [0.25, 0.3) is 0 Å². The highest BCUT2D eigenvalue weighted by molar-refractivity contribution is 5.25. The van der Waals surface area contributed by atoms with E-state index in [0.717, 1.165) is 38.5 Å². The largest absolute Gasteiger partial charge is 0.314 e. The van der Waals surface area contributed by atoms with Gasteiger partial charge in [-0.05, 0) is 30.5 Å². The summed E-state index contributed by atoms with van der Waals surface area (Å²) in [5, 5.41) is 6.85. The van der Waals surface area contributed by atoms with Crippen LogP contribution in [0.3, 0.4) is 0 Å². The molecular formula is C16H27N3. The predicted octanol–water partition coefficient (Wildman–Crippen LogP) is 2.01. The lowest BCUT2D eigenvalue weighted by Crippen LogP contribution is -2.48. The van der Waals surface area contributed by atoms with Gasteiger partial charge in [-0.2, -0.15) is 0 Å². The maximum Gasteiger partial charge on any atom is 0.0859 e. The molecule has 0 aliphatic carbocycles. The molecule has 1 aliphatic heterocycles. The van der Waals surface area contributed by atoms with Gasteiger partial charge in [-0.15, -0.1) is 0 Å². The molecule has 1 aromatic carbocycles. The molecule has 1 aliphatic rings. The van der Waals surface area contributed by atoms with Crippen molar-refractivity contribution >= 4 is 0 Å². The highest BCUT2D eigenvalue weighted by Gasteiger charge is 2.20. The van der Waals surface area contributed by atoms with Crippen molar-refractivity contribution in [2.75, 3.05) is 33.2 Å². The van der Waals surface area contributed by atoms with E-state index in [1.807, 2.05) is 0 Å². The summed E-state index contributed by atoms with van der Waals surface area (Å²) in [6.07, 6.45) is 1.51. The predicted molar refractivity (Wildman–Crippen MR) is 81.2 cm³/mol. The molecule has 1 saturated heterocycles. The van der Waals surface area contributed by atoms with Gasteiger partial charge in [-0.25, -0.2) is 0 Å². The van der Waals surface area contributed by atoms with Crippen LogP contribution in [0.15, 0.2) is 24.3 Å². The zero-order valence-electron chi connectivity index (χ0n) is 12.4. The Morgan fingerprint density at radius 1 is 1.16 bits per heavy atom. The zero-order chi connectivity index (χ0) is 13.7. The van der Waals surface area contributed by atoms with Crippen molar-refractivity contribution in [2.45, 2.75) is 26.4 Å². The Balaban J connectivity index is 2.05. The molecule has 0 spiro atoms. The molecule has 1 unspecified atom stereocenters. The first-order valence-electron chi connectivity index (χ1n) is 7.41. The number of rotatable bonds is 5. The number of piperazine rings is 1. The first-order chi connectivity index (χ1) is 9.20. The monoisotopic (exact) mass is 261 g/mol. The second-order valence-electron chi connectivity index (χ2n) is 5.82. The normalized spacial score (nSPS) is 18.7. The van der Waals surface area contributed by atoms with E-state index >= 15 is 0 Å². The number of hydrogen-bond acceptors (Lipinski definition) is 3. The van der Waals surface area contributed by atoms with E-state index in [1.165, 1.54) is 11.1 Å². The zero-order valence-corrected chi connectivity index (χ0v) is 12.4. The lowest BCUT2D eigenvalue weighted by atomic mass is 10.0. The molecule has 0 bridgehead atoms. The molecule has 0 radical (unpaired) electrons. The van der Waals surface area contributed by atoms with Crippen LogP contribution in [0.2, 0.25) is 0 Å². The van der Waals surface area contributed by atoms with Gasteiger partial charge in [-0.3, -0.25) is 4.90 Å². The van der Waals surface area contributed by atoms with Gasteiger partial charge in [-0.1, -0.05) is 38.1 Å². The van der Waals surface area contributed by atoms with Gasteiger partial charge in [0.2, 0.25) is 0 Å². The van der Waals surface area contributed by atoms with Crippen LogP contribution in [-0.4, -0.2) is 38.1 Å². The van der Waals surface area contributed by atoms with Crippen molar-refractivity contribution in [2.24, 2.45) is 5.92 Å². The highest BCUT2D eigenvalue weighted by Crippen LogP contribution is 2.19. The van der Waals surface area contributed by atoms with E-state index in [4.69, 9.17) is 0 Å². The Hall–Kier alpha value is -0.900. The van der Waals surface area contributed by atoms with Crippen molar-refractivity contribution in [1.82, 2.24) is 15.5 Å². The fraction of sp³-hybridized carbons (Fsp3) is 0.625. The smallest absolute Gasteiger partial charge is 0.0859 e. The molecule has 3 nitrogen and oxygen atoms in total. The van der Waals surface area contributed by atoms with Crippen LogP contribution < -0.4 is 10.6 Å². The van der Waals surface area contributed by atoms with Crippen molar-refractivity contribution in [3.8, 4) is 0 Å². The van der Waals surface area contributed by atoms with Gasteiger partial charge in [0, 0.05) is 26.2 Å². The van der Waals surface area contributed by atoms with Crippen LogP contribution >= 0.6 is 0 Å². The summed E-state index contributed by atoms with van der Waals surface area (Å²) in [4.78, 5) is 2.51. The fourth-order valence-corrected chi connectivity index (χ4v) is 2.81. The van der Waals surface area contributed by atoms with Crippen molar-refractivity contribution in [1.29, 1.82) is 0 Å². The van der Waals surface area contributed by atoms with E-state index in [9.17, 15) is 0 Å². The molecule has 1 heterocycles. The average Bonchev–Trinajstić information content (AvgIpc) is 2.42. The van der Waals surface area contributed by atoms with Gasteiger partial charge in [0.15, 0.2) is 0 Å². The third-order valence-electron chi connectivity index (χ3n) is 3.73. The molecule has 106 valence electrons. The summed E-state index contributed by atoms with van der Waals surface area (Å²) in [5.74, 6) is 0.721. The van der Waals surface area contributed by atoms with E-state index in [1.54, 1.807) is 0 Å². The van der Waals surface area contributed by atoms with Crippen molar-refractivity contribution in [3.05, 3.63) is 35.4 Å². The summed E-state index contributed by atoms with van der Waals surface area (Å²) in [6, 6.07) is 9.12. The molecule has 1 aromatic rings. The summed E-state index contributed by atoms with van der Waals surface area (Å²) >= 11 is 0. The van der Waals surface area contributed by atoms with E-state index in [2.05, 4.69) is 60.7 Å². The summed E-state index contributed by atoms with van der Waals surface area (Å²) in [5.41, 5.74) is 2.81. The Morgan fingerprint density at radius 3 is 2.32 bits per heavy atom. The van der Waals surface area contributed by atoms with Gasteiger partial charge in [0.25, 0.3) is 0 Å². The number of nitrogens with zero attached hydrogens (tertiary/aromatic N) is 1. The first kappa shape index (κ1) is 14.5. The van der Waals surface area contributed by atoms with E-state index in [0.29, 0.717) is 6.17 Å². The van der Waals surface area contributed by atoms with E-state index < -0.39 is 0 Å². The minimum atomic E-state index is 0.343. The first-order valence-corrected chi connectivity index (χ1v) is 7.41. The quantitative estimate of drug-likeness (QED) is 0.849. The average molecular weight is 261 g/mol. The van der Waals surface area contributed by atoms with Gasteiger partial charge < -0.3 is 10.6 Å². The molecule has 2 rings (SSSR count). The SMILES string of the molecule is CNC(c1ccc(CC(C)C)cc1)N1CCNCC1. The fourth-order valence-electron chi connectivity index (χ4n) is 2.81. The van der Waals surface area contributed by atoms with Crippen LogP contribution in [0.4, 0.5) is 0 Å². The molecular weight excluding hydrogens is 234 g/mol. The van der Waals surface area contributed by atoms with Crippen LogP contribution in [0.1, 0.15) is 31.1 Å². The number of benzene rings is 1. The van der Waals surface area contributed by atoms with Crippen LogP contribution in [0.5, 0.6) is 0 Å². The maximum absolute atomic E-state index is 3.45. The van der Waals surface area contributed by atoms with Crippen molar-refractivity contribution in [3.63, 3.8) is 0 Å². The Morgan fingerprint density at radius 2 is 1.79 bits per heavy atom. The van der Waals surface area contributed by atoms with E-state index in [-0.39, 0.29) is 0 Å². The highest BCUT2D eigenvalue weighted by atomic mass is 15.3. The van der Waals surface area contributed by atoms with Gasteiger partial charge in [0.1, 0.15) is 0 Å². The van der Waals surface area contributed by atoms with Gasteiger partial charge >= 0.3 is 0 Å². The maximum atomic E-state index is 3.45. The molecule has 3 heteroatoms. The molecule has 1 atom stereocenters. The Labute approximate surface area is 117 Å². The molecule has 0 saturated carbocycles. The summed E-state index contributed by atoms with van der Waals surface area (Å²) in [6.45, 7) is 8.93. The molecule has 19 heavy (non-hydrogen) atoms. The minimum absolute atomic E-state index is 0.343. The molecule has 1 fully saturated rings. The van der Waals surface area contributed by atoms with Gasteiger partial charge in [0.05, 0.1) is 6.17 Å². The molecule has 0 aromatic heterocycles. The second kappa shape index (κ2) is 7.04. The standard InChI is InChI=1S/C16H27N3/c1-13(2)12-14-4-6-15(7-5-14)16(17-3)19-10-8-18-9-11-19/h4-7,13,16-18H,8-12H2,1-3H3. The summed E-state index contributed by atoms with van der Waals surface area (Å²) in [7, 11) is 2.05. The van der Waals surface area contributed by atoms with Crippen LogP contribution in [-0.2, 0) is 6.42 Å². The number of hydrogen-bond donors (Lipinski definition) is 2. The Kier molecular flexibility index (Phi) is 5.37. The summed E-state index contributed by atoms with van der Waals surface area (Å²) < 4.78 is 0. The number of nitrogens with one attached hydrogen (secondary N) is 2. The third-order valence-corrected chi connectivity index (χ3v) is 3.73.